The number of carbonyl (C=O) groups excluding carboxylic acids is 1. The maximum absolute atomic E-state index is 12.3. The van der Waals surface area contributed by atoms with Gasteiger partial charge in [-0.25, -0.2) is 0 Å². The Morgan fingerprint density at radius 1 is 1.09 bits per heavy atom. The lowest BCUT2D eigenvalue weighted by atomic mass is 9.73. The van der Waals surface area contributed by atoms with Crippen molar-refractivity contribution >= 4 is 5.91 Å². The Morgan fingerprint density at radius 2 is 1.65 bits per heavy atom. The van der Waals surface area contributed by atoms with Gasteiger partial charge >= 0.3 is 0 Å². The van der Waals surface area contributed by atoms with Crippen LogP contribution in [0.3, 0.4) is 0 Å². The summed E-state index contributed by atoms with van der Waals surface area (Å²) < 4.78 is 1.10. The number of carbonyl (C=O) groups is 1. The average Bonchev–Trinajstić information content (AvgIpc) is 3.37. The predicted octanol–water partition coefficient (Wildman–Crippen LogP) is 2.06. The highest BCUT2D eigenvalue weighted by atomic mass is 16.3. The first-order valence-corrected chi connectivity index (χ1v) is 7.73. The molecule has 4 atom stereocenters. The molecule has 4 aliphatic rings. The van der Waals surface area contributed by atoms with Crippen molar-refractivity contribution in [2.24, 2.45) is 11.8 Å². The average molecular weight is 309 g/mol. The number of allylic oxidation sites excluding steroid dienone is 2. The minimum absolute atomic E-state index is 0.0652. The standard InChI is InChI=1S/C17H15N3O3/c21-15(8-3-5-18-6-4-8)19-20-16(22)13-9-1-2-10(12-7-11(9)12)14(13)17(20)23/h1-6,9-12,22-23H,7H2,(H,19,21). The minimum atomic E-state index is -0.407. The van der Waals surface area contributed by atoms with Crippen LogP contribution < -0.4 is 5.43 Å². The number of nitrogens with one attached hydrogen (secondary N) is 1. The molecule has 116 valence electrons. The quantitative estimate of drug-likeness (QED) is 0.741. The van der Waals surface area contributed by atoms with Crippen molar-refractivity contribution in [2.75, 3.05) is 5.43 Å². The normalized spacial score (nSPS) is 29.0. The van der Waals surface area contributed by atoms with Crippen LogP contribution in [0.2, 0.25) is 0 Å². The van der Waals surface area contributed by atoms with Crippen LogP contribution in [0, 0.1) is 11.8 Å². The van der Waals surface area contributed by atoms with Crippen molar-refractivity contribution in [3.05, 3.63) is 53.4 Å². The summed E-state index contributed by atoms with van der Waals surface area (Å²) in [7, 11) is 0. The third kappa shape index (κ3) is 1.58. The Morgan fingerprint density at radius 3 is 2.22 bits per heavy atom. The van der Waals surface area contributed by atoms with Crippen molar-refractivity contribution < 1.29 is 15.0 Å². The van der Waals surface area contributed by atoms with Gasteiger partial charge in [0.2, 0.25) is 11.8 Å². The van der Waals surface area contributed by atoms with E-state index in [0.29, 0.717) is 17.4 Å². The summed E-state index contributed by atoms with van der Waals surface area (Å²) in [5.74, 6) is 0.879. The predicted molar refractivity (Wildman–Crippen MR) is 81.9 cm³/mol. The van der Waals surface area contributed by atoms with E-state index in [1.54, 1.807) is 12.1 Å². The van der Waals surface area contributed by atoms with E-state index in [-0.39, 0.29) is 23.6 Å². The Labute approximate surface area is 132 Å². The zero-order valence-corrected chi connectivity index (χ0v) is 12.2. The van der Waals surface area contributed by atoms with E-state index in [4.69, 9.17) is 0 Å². The van der Waals surface area contributed by atoms with Crippen molar-refractivity contribution in [3.63, 3.8) is 0 Å². The maximum atomic E-state index is 12.3. The van der Waals surface area contributed by atoms with Gasteiger partial charge in [-0.15, -0.1) is 0 Å². The molecule has 6 nitrogen and oxygen atoms in total. The Hall–Kier alpha value is -2.76. The van der Waals surface area contributed by atoms with Gasteiger partial charge in [-0.2, -0.15) is 4.68 Å². The van der Waals surface area contributed by atoms with Gasteiger partial charge in [0.05, 0.1) is 0 Å². The van der Waals surface area contributed by atoms with Gasteiger partial charge in [-0.05, 0) is 30.4 Å². The van der Waals surface area contributed by atoms with E-state index in [9.17, 15) is 15.0 Å². The first kappa shape index (κ1) is 12.8. The SMILES string of the molecule is O=C(Nn1c(O)c2c(c1O)C1C=CC2C2CC12)c1ccncc1. The molecule has 0 spiro atoms. The molecule has 23 heavy (non-hydrogen) atoms. The molecule has 2 aromatic heterocycles. The molecule has 1 saturated carbocycles. The van der Waals surface area contributed by atoms with Gasteiger partial charge in [-0.3, -0.25) is 15.2 Å². The van der Waals surface area contributed by atoms with Gasteiger partial charge in [0, 0.05) is 40.9 Å². The summed E-state index contributed by atoms with van der Waals surface area (Å²) in [5, 5.41) is 21.1. The van der Waals surface area contributed by atoms with Gasteiger partial charge in [0.1, 0.15) is 0 Å². The fourth-order valence-corrected chi connectivity index (χ4v) is 4.22. The van der Waals surface area contributed by atoms with Gasteiger partial charge < -0.3 is 10.2 Å². The number of aromatic hydroxyl groups is 2. The zero-order valence-electron chi connectivity index (χ0n) is 12.2. The third-order valence-electron chi connectivity index (χ3n) is 5.36. The molecule has 6 heteroatoms. The first-order chi connectivity index (χ1) is 11.2. The molecule has 4 aliphatic carbocycles. The molecule has 2 bridgehead atoms. The van der Waals surface area contributed by atoms with Crippen LogP contribution in [-0.2, 0) is 0 Å². The summed E-state index contributed by atoms with van der Waals surface area (Å²) in [5.41, 5.74) is 4.52. The fourth-order valence-electron chi connectivity index (χ4n) is 4.22. The van der Waals surface area contributed by atoms with Gasteiger partial charge in [0.25, 0.3) is 5.91 Å². The highest BCUT2D eigenvalue weighted by Gasteiger charge is 2.57. The molecule has 0 aliphatic heterocycles. The molecule has 6 rings (SSSR count). The van der Waals surface area contributed by atoms with E-state index < -0.39 is 5.91 Å². The zero-order chi connectivity index (χ0) is 15.7. The second-order valence-corrected chi connectivity index (χ2v) is 6.49. The summed E-state index contributed by atoms with van der Waals surface area (Å²) in [4.78, 5) is 16.2. The topological polar surface area (TPSA) is 87.4 Å². The molecule has 2 aromatic rings. The second kappa shape index (κ2) is 4.16. The molecule has 0 saturated heterocycles. The fraction of sp³-hybridized carbons (Fsp3) is 0.294. The Balaban J connectivity index is 1.55. The van der Waals surface area contributed by atoms with Crippen LogP contribution in [-0.4, -0.2) is 25.8 Å². The second-order valence-electron chi connectivity index (χ2n) is 6.49. The van der Waals surface area contributed by atoms with Crippen molar-refractivity contribution in [1.82, 2.24) is 9.66 Å². The van der Waals surface area contributed by atoms with E-state index in [1.165, 1.54) is 12.4 Å². The molecule has 0 radical (unpaired) electrons. The van der Waals surface area contributed by atoms with Gasteiger partial charge in [-0.1, -0.05) is 12.2 Å². The summed E-state index contributed by atoms with van der Waals surface area (Å²) in [6.45, 7) is 0. The number of aromatic nitrogens is 2. The molecule has 1 fully saturated rings. The van der Waals surface area contributed by atoms with Crippen molar-refractivity contribution in [3.8, 4) is 11.8 Å². The third-order valence-corrected chi connectivity index (χ3v) is 5.36. The molecular formula is C17H15N3O3. The van der Waals surface area contributed by atoms with E-state index in [2.05, 4.69) is 22.6 Å². The monoisotopic (exact) mass is 309 g/mol. The highest BCUT2D eigenvalue weighted by molar-refractivity contribution is 6.00. The lowest BCUT2D eigenvalue weighted by Gasteiger charge is -2.29. The van der Waals surface area contributed by atoms with Gasteiger partial charge in [0.15, 0.2) is 0 Å². The van der Waals surface area contributed by atoms with Crippen LogP contribution in [0.5, 0.6) is 11.8 Å². The summed E-state index contributed by atoms with van der Waals surface area (Å²) in [6, 6.07) is 3.15. The highest BCUT2D eigenvalue weighted by Crippen LogP contribution is 2.67. The Kier molecular flexibility index (Phi) is 2.30. The number of hydrogen-bond acceptors (Lipinski definition) is 4. The molecule has 0 aromatic carbocycles. The largest absolute Gasteiger partial charge is 0.493 e. The number of pyridine rings is 1. The molecular weight excluding hydrogens is 294 g/mol. The number of amides is 1. The van der Waals surface area contributed by atoms with Crippen LogP contribution in [0.4, 0.5) is 0 Å². The summed E-state index contributed by atoms with van der Waals surface area (Å²) in [6.07, 6.45) is 8.42. The van der Waals surface area contributed by atoms with E-state index in [1.807, 2.05) is 0 Å². The minimum Gasteiger partial charge on any atom is -0.493 e. The lowest BCUT2D eigenvalue weighted by Crippen LogP contribution is -2.22. The molecule has 3 N–H and O–H groups in total. The van der Waals surface area contributed by atoms with Crippen molar-refractivity contribution in [1.29, 1.82) is 0 Å². The first-order valence-electron chi connectivity index (χ1n) is 7.73. The number of nitrogens with zero attached hydrogens (tertiary/aromatic N) is 2. The maximum Gasteiger partial charge on any atom is 0.270 e. The molecule has 2 heterocycles. The van der Waals surface area contributed by atoms with E-state index >= 15 is 0 Å². The van der Waals surface area contributed by atoms with Crippen molar-refractivity contribution in [2.45, 2.75) is 18.3 Å². The van der Waals surface area contributed by atoms with Crippen LogP contribution >= 0.6 is 0 Å². The van der Waals surface area contributed by atoms with Crippen LogP contribution in [0.25, 0.3) is 0 Å². The number of hydrogen-bond donors (Lipinski definition) is 3. The molecule has 1 amide bonds. The van der Waals surface area contributed by atoms with E-state index in [0.717, 1.165) is 22.2 Å². The Bertz CT molecular complexity index is 814. The molecule has 4 unspecified atom stereocenters. The lowest BCUT2D eigenvalue weighted by molar-refractivity contribution is 0.100. The number of rotatable bonds is 2. The van der Waals surface area contributed by atoms with Crippen LogP contribution in [0.1, 0.15) is 39.7 Å². The summed E-state index contributed by atoms with van der Waals surface area (Å²) >= 11 is 0. The smallest absolute Gasteiger partial charge is 0.270 e. The van der Waals surface area contributed by atoms with Crippen LogP contribution in [0.15, 0.2) is 36.7 Å².